The molecule has 38 heavy (non-hydrogen) atoms. The van der Waals surface area contributed by atoms with Crippen LogP contribution in [-0.2, 0) is 25.6 Å². The summed E-state index contributed by atoms with van der Waals surface area (Å²) >= 11 is 0. The fourth-order valence-corrected chi connectivity index (χ4v) is 4.17. The molecule has 210 valence electrons. The van der Waals surface area contributed by atoms with E-state index in [2.05, 4.69) is 15.6 Å². The van der Waals surface area contributed by atoms with Crippen molar-refractivity contribution >= 4 is 29.7 Å². The van der Waals surface area contributed by atoms with Gasteiger partial charge in [0.1, 0.15) is 23.9 Å². The monoisotopic (exact) mass is 533 g/mol. The number of phenolic OH excluding ortho intramolecular Hbond substituents is 1. The Hall–Kier alpha value is -3.87. The number of nitrogens with two attached hydrogens (primary N) is 3. The number of aliphatic imine (C=N–C) groups is 1. The zero-order chi connectivity index (χ0) is 28.4. The van der Waals surface area contributed by atoms with Gasteiger partial charge in [0.2, 0.25) is 17.7 Å². The zero-order valence-corrected chi connectivity index (χ0v) is 21.8. The SMILES string of the molecule is CC(C)C(N)C(=O)NC(Cc1ccc(O)cc1)C(=O)N1CCCC1C(=O)NC(CCCN=C(N)N)C(=O)O. The summed E-state index contributed by atoms with van der Waals surface area (Å²) in [7, 11) is 0. The molecule has 13 nitrogen and oxygen atoms in total. The molecule has 1 aliphatic heterocycles. The molecule has 1 aromatic carbocycles. The highest BCUT2D eigenvalue weighted by molar-refractivity contribution is 5.94. The number of guanidine groups is 1. The topological polar surface area (TPSA) is 226 Å². The van der Waals surface area contributed by atoms with E-state index < -0.39 is 47.9 Å². The molecule has 0 aliphatic carbocycles. The number of phenols is 1. The fraction of sp³-hybridized carbons (Fsp3) is 0.560. The maximum Gasteiger partial charge on any atom is 0.326 e. The lowest BCUT2D eigenvalue weighted by atomic mass is 10.0. The molecule has 0 radical (unpaired) electrons. The summed E-state index contributed by atoms with van der Waals surface area (Å²) in [6.45, 7) is 4.07. The lowest BCUT2D eigenvalue weighted by molar-refractivity contribution is -0.145. The Balaban J connectivity index is 2.17. The first-order chi connectivity index (χ1) is 17.9. The molecule has 0 saturated carbocycles. The summed E-state index contributed by atoms with van der Waals surface area (Å²) in [5, 5.41) is 24.4. The number of nitrogens with zero attached hydrogens (tertiary/aromatic N) is 2. The summed E-state index contributed by atoms with van der Waals surface area (Å²) in [6.07, 6.45) is 1.44. The van der Waals surface area contributed by atoms with Gasteiger partial charge in [0, 0.05) is 19.5 Å². The third-order valence-electron chi connectivity index (χ3n) is 6.41. The number of hydrogen-bond acceptors (Lipinski definition) is 7. The Labute approximate surface area is 221 Å². The van der Waals surface area contributed by atoms with Gasteiger partial charge in [0.15, 0.2) is 5.96 Å². The molecule has 13 heteroatoms. The lowest BCUT2D eigenvalue weighted by Gasteiger charge is -2.30. The molecular weight excluding hydrogens is 494 g/mol. The van der Waals surface area contributed by atoms with E-state index in [4.69, 9.17) is 17.2 Å². The molecule has 1 aliphatic rings. The Morgan fingerprint density at radius 2 is 1.76 bits per heavy atom. The summed E-state index contributed by atoms with van der Waals surface area (Å²) in [5.74, 6) is -2.97. The van der Waals surface area contributed by atoms with Crippen molar-refractivity contribution < 1.29 is 29.4 Å². The second kappa shape index (κ2) is 14.2. The normalized spacial score (nSPS) is 17.4. The van der Waals surface area contributed by atoms with Gasteiger partial charge in [-0.15, -0.1) is 0 Å². The van der Waals surface area contributed by atoms with Gasteiger partial charge < -0.3 is 42.9 Å². The van der Waals surface area contributed by atoms with Crippen molar-refractivity contribution in [2.75, 3.05) is 13.1 Å². The van der Waals surface area contributed by atoms with E-state index >= 15 is 0 Å². The third-order valence-corrected chi connectivity index (χ3v) is 6.41. The molecular formula is C25H39N7O6. The molecule has 4 atom stereocenters. The molecule has 10 N–H and O–H groups in total. The number of nitrogens with one attached hydrogen (secondary N) is 2. The van der Waals surface area contributed by atoms with Crippen LogP contribution >= 0.6 is 0 Å². The number of rotatable bonds is 13. The van der Waals surface area contributed by atoms with Gasteiger partial charge in [0.25, 0.3) is 0 Å². The van der Waals surface area contributed by atoms with Gasteiger partial charge in [-0.2, -0.15) is 0 Å². The standard InChI is InChI=1S/C25H39N7O6/c1-14(2)20(26)22(35)31-18(13-15-7-9-16(33)10-8-15)23(36)32-12-4-6-19(32)21(34)30-17(24(37)38)5-3-11-29-25(27)28/h7-10,14,17-20,33H,3-6,11-13,26H2,1-2H3,(H,30,34)(H,31,35)(H,37,38)(H4,27,28,29). The highest BCUT2D eigenvalue weighted by Crippen LogP contribution is 2.21. The van der Waals surface area contributed by atoms with Crippen LogP contribution in [0.4, 0.5) is 0 Å². The molecule has 0 spiro atoms. The van der Waals surface area contributed by atoms with Crippen molar-refractivity contribution in [3.05, 3.63) is 29.8 Å². The second-order valence-corrected chi connectivity index (χ2v) is 9.74. The van der Waals surface area contributed by atoms with Crippen LogP contribution in [0.25, 0.3) is 0 Å². The van der Waals surface area contributed by atoms with Crippen molar-refractivity contribution in [3.8, 4) is 5.75 Å². The van der Waals surface area contributed by atoms with Crippen LogP contribution in [0.15, 0.2) is 29.3 Å². The van der Waals surface area contributed by atoms with Crippen LogP contribution in [0.1, 0.15) is 45.1 Å². The van der Waals surface area contributed by atoms with Gasteiger partial charge in [-0.1, -0.05) is 26.0 Å². The Kier molecular flexibility index (Phi) is 11.3. The minimum atomic E-state index is -1.21. The van der Waals surface area contributed by atoms with E-state index in [1.165, 1.54) is 17.0 Å². The van der Waals surface area contributed by atoms with Crippen molar-refractivity contribution in [2.45, 2.75) is 70.1 Å². The van der Waals surface area contributed by atoms with Gasteiger partial charge in [-0.05, 0) is 49.3 Å². The molecule has 4 unspecified atom stereocenters. The van der Waals surface area contributed by atoms with Gasteiger partial charge in [-0.25, -0.2) is 4.79 Å². The molecule has 1 aromatic rings. The Morgan fingerprint density at radius 1 is 1.11 bits per heavy atom. The number of amides is 3. The summed E-state index contributed by atoms with van der Waals surface area (Å²) in [5.41, 5.74) is 17.2. The minimum absolute atomic E-state index is 0.0602. The number of hydrogen-bond donors (Lipinski definition) is 7. The highest BCUT2D eigenvalue weighted by atomic mass is 16.4. The Bertz CT molecular complexity index is 1010. The van der Waals surface area contributed by atoms with E-state index in [-0.39, 0.29) is 43.6 Å². The van der Waals surface area contributed by atoms with Crippen LogP contribution < -0.4 is 27.8 Å². The van der Waals surface area contributed by atoms with Crippen molar-refractivity contribution in [3.63, 3.8) is 0 Å². The van der Waals surface area contributed by atoms with E-state index in [9.17, 15) is 29.4 Å². The molecule has 0 aromatic heterocycles. The first kappa shape index (κ1) is 30.4. The zero-order valence-electron chi connectivity index (χ0n) is 21.8. The number of likely N-dealkylation sites (tertiary alicyclic amines) is 1. The highest BCUT2D eigenvalue weighted by Gasteiger charge is 2.39. The smallest absolute Gasteiger partial charge is 0.326 e. The maximum atomic E-state index is 13.6. The number of carboxylic acids is 1. The first-order valence-corrected chi connectivity index (χ1v) is 12.6. The number of carboxylic acid groups (broad SMARTS) is 1. The fourth-order valence-electron chi connectivity index (χ4n) is 4.17. The van der Waals surface area contributed by atoms with Gasteiger partial charge in [-0.3, -0.25) is 19.4 Å². The van der Waals surface area contributed by atoms with Crippen molar-refractivity contribution in [1.29, 1.82) is 0 Å². The van der Waals surface area contributed by atoms with Crippen molar-refractivity contribution in [1.82, 2.24) is 15.5 Å². The molecule has 0 bridgehead atoms. The van der Waals surface area contributed by atoms with Crippen LogP contribution in [-0.4, -0.2) is 82.0 Å². The van der Waals surface area contributed by atoms with Gasteiger partial charge >= 0.3 is 5.97 Å². The van der Waals surface area contributed by atoms with E-state index in [0.29, 0.717) is 24.8 Å². The largest absolute Gasteiger partial charge is 0.508 e. The summed E-state index contributed by atoms with van der Waals surface area (Å²) < 4.78 is 0. The van der Waals surface area contributed by atoms with Crippen LogP contribution in [0.5, 0.6) is 5.75 Å². The number of aromatic hydroxyl groups is 1. The summed E-state index contributed by atoms with van der Waals surface area (Å²) in [4.78, 5) is 56.4. The predicted molar refractivity (Wildman–Crippen MR) is 141 cm³/mol. The molecule has 3 amide bonds. The van der Waals surface area contributed by atoms with E-state index in [1.54, 1.807) is 26.0 Å². The molecule has 1 fully saturated rings. The number of aliphatic carboxylic acids is 1. The van der Waals surface area contributed by atoms with Crippen LogP contribution in [0.3, 0.4) is 0 Å². The maximum absolute atomic E-state index is 13.6. The Morgan fingerprint density at radius 3 is 2.34 bits per heavy atom. The number of carbonyl (C=O) groups excluding carboxylic acids is 3. The van der Waals surface area contributed by atoms with Crippen molar-refractivity contribution in [2.24, 2.45) is 28.1 Å². The predicted octanol–water partition coefficient (Wildman–Crippen LogP) is -0.983. The minimum Gasteiger partial charge on any atom is -0.508 e. The second-order valence-electron chi connectivity index (χ2n) is 9.74. The van der Waals surface area contributed by atoms with Crippen LogP contribution in [0, 0.1) is 5.92 Å². The average Bonchev–Trinajstić information content (AvgIpc) is 3.35. The summed E-state index contributed by atoms with van der Waals surface area (Å²) in [6, 6.07) is 2.31. The lowest BCUT2D eigenvalue weighted by Crippen LogP contribution is -2.57. The average molecular weight is 534 g/mol. The molecule has 1 saturated heterocycles. The van der Waals surface area contributed by atoms with Gasteiger partial charge in [0.05, 0.1) is 6.04 Å². The van der Waals surface area contributed by atoms with E-state index in [1.807, 2.05) is 0 Å². The van der Waals surface area contributed by atoms with Crippen LogP contribution in [0.2, 0.25) is 0 Å². The van der Waals surface area contributed by atoms with E-state index in [0.717, 1.165) is 0 Å². The first-order valence-electron chi connectivity index (χ1n) is 12.6. The number of benzene rings is 1. The number of carbonyl (C=O) groups is 4. The molecule has 2 rings (SSSR count). The molecule has 1 heterocycles. The third kappa shape index (κ3) is 8.91. The quantitative estimate of drug-likeness (QED) is 0.0937.